The highest BCUT2D eigenvalue weighted by atomic mass is 35.5. The number of aryl methyl sites for hydroxylation is 1. The monoisotopic (exact) mass is 769 g/mol. The number of anilines is 1. The summed E-state index contributed by atoms with van der Waals surface area (Å²) in [6.07, 6.45) is 2.87. The largest absolute Gasteiger partial charge is 0.455 e. The molecule has 0 aliphatic carbocycles. The van der Waals surface area contributed by atoms with Gasteiger partial charge in [-0.05, 0) is 48.9 Å². The minimum absolute atomic E-state index is 0.0315. The Bertz CT molecular complexity index is 1870. The van der Waals surface area contributed by atoms with E-state index < -0.39 is 72.2 Å². The summed E-state index contributed by atoms with van der Waals surface area (Å²) >= 11 is 6.74. The smallest absolute Gasteiger partial charge is 0.313 e. The Balaban J connectivity index is 1.42. The standard InChI is InChI=1S/C43H48ClN3O8/c1-5-7-21-34(49)45-31(26-53-4)38(29-18-12-9-13-19-29)54-42(52)35-33-22-23-43(55-33)36(35)40(50)47(32(25-48)28-16-10-8-11-17-28)39(43)41(51)46(24-6-2)37-27(3)15-14-20-30(37)44/h5-6,8-20,31-33,35-36,38-39,48H,1-2,7,21-26H2,3-4H3,(H,45,49)/t31-,32-,33+,35-,36-,38-,39+,43-/m1/s1. The number of allylic oxidation sites excluding steroid dienone is 1. The van der Waals surface area contributed by atoms with Crippen molar-refractivity contribution in [1.29, 1.82) is 0 Å². The van der Waals surface area contributed by atoms with E-state index in [9.17, 15) is 14.7 Å². The molecule has 0 saturated carbocycles. The van der Waals surface area contributed by atoms with Crippen LogP contribution in [0.4, 0.5) is 5.69 Å². The molecule has 3 saturated heterocycles. The third kappa shape index (κ3) is 7.58. The lowest BCUT2D eigenvalue weighted by Gasteiger charge is -2.39. The van der Waals surface area contributed by atoms with Crippen LogP contribution in [0.5, 0.6) is 0 Å². The van der Waals surface area contributed by atoms with E-state index in [1.807, 2.05) is 25.1 Å². The van der Waals surface area contributed by atoms with E-state index in [4.69, 9.17) is 25.8 Å². The molecule has 11 nitrogen and oxygen atoms in total. The highest BCUT2D eigenvalue weighted by Crippen LogP contribution is 2.60. The minimum Gasteiger partial charge on any atom is -0.455 e. The molecule has 12 heteroatoms. The molecule has 2 N–H and O–H groups in total. The Labute approximate surface area is 326 Å². The van der Waals surface area contributed by atoms with Gasteiger partial charge in [-0.15, -0.1) is 13.2 Å². The van der Waals surface area contributed by atoms with Crippen LogP contribution in [-0.2, 0) is 33.4 Å². The molecule has 0 radical (unpaired) electrons. The molecule has 3 aliphatic rings. The topological polar surface area (TPSA) is 135 Å². The average Bonchev–Trinajstić information content (AvgIpc) is 3.84. The lowest BCUT2D eigenvalue weighted by Crippen LogP contribution is -2.57. The van der Waals surface area contributed by atoms with Gasteiger partial charge < -0.3 is 34.4 Å². The number of nitrogens with one attached hydrogen (secondary N) is 1. The van der Waals surface area contributed by atoms with E-state index in [2.05, 4.69) is 18.5 Å². The fraction of sp³-hybridized carbons (Fsp3) is 0.395. The van der Waals surface area contributed by atoms with Crippen LogP contribution in [0.3, 0.4) is 0 Å². The number of halogens is 1. The second kappa shape index (κ2) is 17.3. The maximum atomic E-state index is 15.2. The number of hydrogen-bond acceptors (Lipinski definition) is 8. The first-order valence-electron chi connectivity index (χ1n) is 18.6. The van der Waals surface area contributed by atoms with Gasteiger partial charge >= 0.3 is 5.97 Å². The summed E-state index contributed by atoms with van der Waals surface area (Å²) in [7, 11) is 1.49. The molecule has 3 heterocycles. The Morgan fingerprint density at radius 3 is 2.36 bits per heavy atom. The van der Waals surface area contributed by atoms with Crippen LogP contribution in [-0.4, -0.2) is 84.4 Å². The number of carbonyl (C=O) groups excluding carboxylic acids is 4. The lowest BCUT2D eigenvalue weighted by molar-refractivity contribution is -0.163. The van der Waals surface area contributed by atoms with Crippen molar-refractivity contribution in [2.75, 3.05) is 31.8 Å². The minimum atomic E-state index is -1.42. The number of amides is 3. The average molecular weight is 770 g/mol. The van der Waals surface area contributed by atoms with Crippen molar-refractivity contribution in [1.82, 2.24) is 10.2 Å². The van der Waals surface area contributed by atoms with Crippen LogP contribution in [0.2, 0.25) is 5.02 Å². The van der Waals surface area contributed by atoms with Gasteiger partial charge in [0.05, 0.1) is 53.9 Å². The van der Waals surface area contributed by atoms with Gasteiger partial charge in [0.1, 0.15) is 17.7 Å². The molecule has 3 aromatic carbocycles. The molecule has 3 amide bonds. The number of likely N-dealkylation sites (tertiary alicyclic amines) is 1. The molecule has 0 aromatic heterocycles. The van der Waals surface area contributed by atoms with Crippen molar-refractivity contribution in [2.45, 2.75) is 68.5 Å². The summed E-state index contributed by atoms with van der Waals surface area (Å²) in [6.45, 7) is 9.05. The van der Waals surface area contributed by atoms with E-state index in [1.165, 1.54) is 16.9 Å². The van der Waals surface area contributed by atoms with Gasteiger partial charge in [0.2, 0.25) is 11.8 Å². The number of para-hydroxylation sites is 1. The molecular formula is C43H48ClN3O8. The van der Waals surface area contributed by atoms with E-state index in [-0.39, 0.29) is 25.5 Å². The number of carbonyl (C=O) groups is 4. The summed E-state index contributed by atoms with van der Waals surface area (Å²) in [5.74, 6) is -4.13. The van der Waals surface area contributed by atoms with Crippen molar-refractivity contribution < 1.29 is 38.5 Å². The Morgan fingerprint density at radius 1 is 1.05 bits per heavy atom. The second-order valence-corrected chi connectivity index (χ2v) is 14.7. The zero-order valence-electron chi connectivity index (χ0n) is 31.1. The summed E-state index contributed by atoms with van der Waals surface area (Å²) in [5, 5.41) is 14.3. The zero-order chi connectivity index (χ0) is 39.3. The van der Waals surface area contributed by atoms with Gasteiger partial charge in [0.15, 0.2) is 0 Å². The van der Waals surface area contributed by atoms with Crippen LogP contribution in [0.1, 0.15) is 54.5 Å². The number of ether oxygens (including phenoxy) is 3. The Kier molecular flexibility index (Phi) is 12.6. The quantitative estimate of drug-likeness (QED) is 0.133. The second-order valence-electron chi connectivity index (χ2n) is 14.3. The first-order chi connectivity index (χ1) is 26.6. The number of hydrogen-bond donors (Lipinski definition) is 2. The van der Waals surface area contributed by atoms with Crippen molar-refractivity contribution in [3.8, 4) is 0 Å². The first-order valence-corrected chi connectivity index (χ1v) is 19.0. The summed E-state index contributed by atoms with van der Waals surface area (Å²) < 4.78 is 18.6. The molecule has 290 valence electrons. The number of rotatable bonds is 17. The van der Waals surface area contributed by atoms with Crippen molar-refractivity contribution in [2.24, 2.45) is 11.8 Å². The third-order valence-corrected chi connectivity index (χ3v) is 11.3. The molecule has 1 spiro atoms. The molecule has 55 heavy (non-hydrogen) atoms. The predicted molar refractivity (Wildman–Crippen MR) is 208 cm³/mol. The molecular weight excluding hydrogens is 722 g/mol. The zero-order valence-corrected chi connectivity index (χ0v) is 31.9. The van der Waals surface area contributed by atoms with Crippen LogP contribution in [0.25, 0.3) is 0 Å². The van der Waals surface area contributed by atoms with Gasteiger partial charge in [0.25, 0.3) is 5.91 Å². The number of fused-ring (bicyclic) bond motifs is 1. The van der Waals surface area contributed by atoms with Gasteiger partial charge in [-0.1, -0.05) is 96.5 Å². The van der Waals surface area contributed by atoms with Gasteiger partial charge in [0, 0.05) is 20.1 Å². The van der Waals surface area contributed by atoms with Crippen molar-refractivity contribution in [3.05, 3.63) is 126 Å². The van der Waals surface area contributed by atoms with Crippen molar-refractivity contribution in [3.63, 3.8) is 0 Å². The molecule has 3 aliphatic heterocycles. The maximum absolute atomic E-state index is 15.2. The number of nitrogens with zero attached hydrogens (tertiary/aromatic N) is 2. The first kappa shape index (κ1) is 39.9. The fourth-order valence-corrected chi connectivity index (χ4v) is 8.99. The van der Waals surface area contributed by atoms with E-state index in [1.54, 1.807) is 72.8 Å². The van der Waals surface area contributed by atoms with Gasteiger partial charge in [-0.2, -0.15) is 0 Å². The number of aliphatic hydroxyl groups is 1. The molecule has 0 unspecified atom stereocenters. The van der Waals surface area contributed by atoms with Gasteiger partial charge in [-0.25, -0.2) is 0 Å². The van der Waals surface area contributed by atoms with Crippen LogP contribution < -0.4 is 10.2 Å². The Morgan fingerprint density at radius 2 is 1.75 bits per heavy atom. The highest BCUT2D eigenvalue weighted by Gasteiger charge is 2.76. The molecule has 3 fully saturated rings. The predicted octanol–water partition coefficient (Wildman–Crippen LogP) is 5.66. The normalized spacial score (nSPS) is 24.1. The molecule has 3 aromatic rings. The summed E-state index contributed by atoms with van der Waals surface area (Å²) in [5.41, 5.74) is 1.01. The SMILES string of the molecule is C=CCCC(=O)N[C@H](COC)[C@H](OC(=O)[C@@H]1[C@@H]2CC[C@]3(O2)[C@H](C(=O)N(CC=C)c2c(C)cccc2Cl)N([C@H](CO)c2ccccc2)C(=O)[C@@H]13)c1ccccc1. The van der Waals surface area contributed by atoms with Crippen LogP contribution >= 0.6 is 11.6 Å². The van der Waals surface area contributed by atoms with E-state index in [0.717, 1.165) is 5.56 Å². The summed E-state index contributed by atoms with van der Waals surface area (Å²) in [4.78, 5) is 60.9. The number of benzene rings is 3. The lowest BCUT2D eigenvalue weighted by atomic mass is 9.70. The summed E-state index contributed by atoms with van der Waals surface area (Å²) in [6, 6.07) is 20.4. The maximum Gasteiger partial charge on any atom is 0.313 e. The molecule has 6 rings (SSSR count). The van der Waals surface area contributed by atoms with Crippen molar-refractivity contribution >= 4 is 41.0 Å². The fourth-order valence-electron chi connectivity index (χ4n) is 8.66. The Hall–Kier alpha value is -4.81. The number of aliphatic hydroxyl groups excluding tert-OH is 1. The van der Waals surface area contributed by atoms with Crippen LogP contribution in [0.15, 0.2) is 104 Å². The third-order valence-electron chi connectivity index (χ3n) is 11.0. The number of esters is 1. The van der Waals surface area contributed by atoms with E-state index >= 15 is 9.59 Å². The number of methoxy groups -OCH3 is 1. The highest BCUT2D eigenvalue weighted by molar-refractivity contribution is 6.34. The van der Waals surface area contributed by atoms with Crippen LogP contribution in [0, 0.1) is 18.8 Å². The van der Waals surface area contributed by atoms with E-state index in [0.29, 0.717) is 41.1 Å². The van der Waals surface area contributed by atoms with Gasteiger partial charge in [-0.3, -0.25) is 19.2 Å². The molecule has 8 atom stereocenters. The molecule has 2 bridgehead atoms.